The van der Waals surface area contributed by atoms with Gasteiger partial charge in [0.15, 0.2) is 6.61 Å². The molecule has 4 aromatic rings. The molecule has 1 saturated carbocycles. The highest BCUT2D eigenvalue weighted by Gasteiger charge is 2.41. The Bertz CT molecular complexity index is 1840. The van der Waals surface area contributed by atoms with E-state index in [-0.39, 0.29) is 47.9 Å². The second kappa shape index (κ2) is 13.1. The maximum atomic E-state index is 14.5. The number of ether oxygens (including phenoxy) is 2. The van der Waals surface area contributed by atoms with E-state index in [2.05, 4.69) is 26.8 Å². The van der Waals surface area contributed by atoms with Crippen molar-refractivity contribution in [3.63, 3.8) is 0 Å². The van der Waals surface area contributed by atoms with Gasteiger partial charge in [0.1, 0.15) is 23.1 Å². The number of benzene rings is 3. The number of aromatic nitrogens is 2. The molecule has 12 heteroatoms. The van der Waals surface area contributed by atoms with E-state index in [4.69, 9.17) is 25.6 Å². The molecule has 3 heterocycles. The van der Waals surface area contributed by atoms with Crippen LogP contribution in [0.1, 0.15) is 41.8 Å². The molecule has 3 aliphatic rings. The first kappa shape index (κ1) is 31.3. The lowest BCUT2D eigenvalue weighted by Gasteiger charge is -2.41. The summed E-state index contributed by atoms with van der Waals surface area (Å²) >= 11 is 5.93. The van der Waals surface area contributed by atoms with Crippen LogP contribution in [0.4, 0.5) is 8.78 Å². The Morgan fingerprint density at radius 3 is 2.64 bits per heavy atom. The zero-order valence-electron chi connectivity index (χ0n) is 26.0. The number of piperazine rings is 1. The van der Waals surface area contributed by atoms with Crippen molar-refractivity contribution in [2.24, 2.45) is 0 Å². The summed E-state index contributed by atoms with van der Waals surface area (Å²) in [4.78, 5) is 20.7. The van der Waals surface area contributed by atoms with E-state index in [1.807, 2.05) is 48.2 Å². The summed E-state index contributed by atoms with van der Waals surface area (Å²) in [5.74, 6) is -0.234. The maximum absolute atomic E-state index is 14.5. The van der Waals surface area contributed by atoms with Crippen molar-refractivity contribution in [1.82, 2.24) is 25.7 Å². The SMILES string of the molecule is COc1cccc(CN(C(=O)C2=C(c3ccc(OCc4noc(-c5c(F)ccc(F)c5Cl)n4)cc3)C[C@@H]3CNC[C@H]2N3)C2CC2)c1C. The second-order valence-corrected chi connectivity index (χ2v) is 12.5. The number of carbonyl (C=O) groups is 1. The van der Waals surface area contributed by atoms with Gasteiger partial charge in [-0.2, -0.15) is 4.98 Å². The van der Waals surface area contributed by atoms with Crippen LogP contribution in [0.2, 0.25) is 5.02 Å². The fraction of sp³-hybridized carbons (Fsp3) is 0.343. The largest absolute Gasteiger partial charge is 0.496 e. The third-order valence-electron chi connectivity index (χ3n) is 9.03. The monoisotopic (exact) mass is 661 g/mol. The van der Waals surface area contributed by atoms with Gasteiger partial charge in [-0.1, -0.05) is 41.0 Å². The molecule has 1 amide bonds. The van der Waals surface area contributed by atoms with Crippen molar-refractivity contribution < 1.29 is 27.6 Å². The van der Waals surface area contributed by atoms with Gasteiger partial charge < -0.3 is 29.5 Å². The zero-order chi connectivity index (χ0) is 32.7. The van der Waals surface area contributed by atoms with Crippen molar-refractivity contribution >= 4 is 23.1 Å². The quantitative estimate of drug-likeness (QED) is 0.205. The first-order chi connectivity index (χ1) is 22.8. The number of nitrogens with one attached hydrogen (secondary N) is 2. The van der Waals surface area contributed by atoms with Crippen LogP contribution in [0, 0.1) is 18.6 Å². The number of carbonyl (C=O) groups excluding carboxylic acids is 1. The Hall–Kier alpha value is -4.32. The average molecular weight is 662 g/mol. The normalized spacial score (nSPS) is 19.1. The fourth-order valence-electron chi connectivity index (χ4n) is 6.42. The molecular formula is C35H34ClF2N5O4. The molecule has 2 fully saturated rings. The van der Waals surface area contributed by atoms with E-state index >= 15 is 0 Å². The van der Waals surface area contributed by atoms with Gasteiger partial charge in [0.25, 0.3) is 11.8 Å². The number of nitrogens with zero attached hydrogens (tertiary/aromatic N) is 3. The van der Waals surface area contributed by atoms with Crippen LogP contribution in [-0.2, 0) is 17.9 Å². The molecule has 7 rings (SSSR count). The summed E-state index contributed by atoms with van der Waals surface area (Å²) in [7, 11) is 1.67. The van der Waals surface area contributed by atoms with Gasteiger partial charge in [-0.25, -0.2) is 8.78 Å². The van der Waals surface area contributed by atoms with Crippen LogP contribution in [0.3, 0.4) is 0 Å². The first-order valence-electron chi connectivity index (χ1n) is 15.6. The van der Waals surface area contributed by atoms with Crippen LogP contribution in [0.15, 0.2) is 64.7 Å². The van der Waals surface area contributed by atoms with Gasteiger partial charge in [-0.15, -0.1) is 0 Å². The Balaban J connectivity index is 1.12. The standard InChI is InChI=1S/C35H34ClF2N5O4/c1-19-21(4-3-5-29(19)45-2)17-43(23-8-9-23)35(44)31-25(14-22-15-39-16-28(31)40-22)20-6-10-24(11-7-20)46-18-30-41-34(47-42-30)32-26(37)12-13-27(38)33(32)36/h3-7,10-13,22-23,28,39-40H,8-9,14-18H2,1-2H3/t22-,28-/m1/s1. The predicted octanol–water partition coefficient (Wildman–Crippen LogP) is 5.84. The second-order valence-electron chi connectivity index (χ2n) is 12.1. The number of methoxy groups -OCH3 is 1. The molecule has 2 bridgehead atoms. The highest BCUT2D eigenvalue weighted by atomic mass is 35.5. The Morgan fingerprint density at radius 1 is 1.09 bits per heavy atom. The van der Waals surface area contributed by atoms with Crippen LogP contribution in [0.5, 0.6) is 11.5 Å². The molecule has 47 heavy (non-hydrogen) atoms. The molecule has 0 radical (unpaired) electrons. The smallest absolute Gasteiger partial charge is 0.262 e. The average Bonchev–Trinajstić information content (AvgIpc) is 3.82. The van der Waals surface area contributed by atoms with Crippen molar-refractivity contribution in [2.45, 2.75) is 57.5 Å². The van der Waals surface area contributed by atoms with Crippen molar-refractivity contribution in [2.75, 3.05) is 20.2 Å². The van der Waals surface area contributed by atoms with Crippen molar-refractivity contribution in [3.8, 4) is 23.0 Å². The Labute approximate surface area is 275 Å². The third kappa shape index (κ3) is 6.35. The molecule has 2 aliphatic heterocycles. The zero-order valence-corrected chi connectivity index (χ0v) is 26.7. The van der Waals surface area contributed by atoms with Gasteiger partial charge in [0.05, 0.1) is 23.7 Å². The first-order valence-corrected chi connectivity index (χ1v) is 16.0. The number of halogens is 3. The number of rotatable bonds is 10. The van der Waals surface area contributed by atoms with Crippen molar-refractivity contribution in [3.05, 3.63) is 99.3 Å². The van der Waals surface area contributed by atoms with Crippen LogP contribution in [-0.4, -0.2) is 59.3 Å². The summed E-state index contributed by atoms with van der Waals surface area (Å²) in [6.07, 6.45) is 2.70. The lowest BCUT2D eigenvalue weighted by Crippen LogP contribution is -2.60. The molecule has 0 unspecified atom stereocenters. The molecule has 244 valence electrons. The molecule has 2 N–H and O–H groups in total. The minimum atomic E-state index is -0.792. The molecule has 3 aromatic carbocycles. The number of hydrogen-bond donors (Lipinski definition) is 2. The van der Waals surface area contributed by atoms with E-state index in [1.165, 1.54) is 0 Å². The molecule has 2 atom stereocenters. The molecule has 1 aliphatic carbocycles. The summed E-state index contributed by atoms with van der Waals surface area (Å²) in [6, 6.07) is 15.8. The minimum absolute atomic E-state index is 0.0624. The van der Waals surface area contributed by atoms with E-state index in [0.717, 1.165) is 65.1 Å². The topological polar surface area (TPSA) is 102 Å². The highest BCUT2D eigenvalue weighted by molar-refractivity contribution is 6.33. The van der Waals surface area contributed by atoms with E-state index < -0.39 is 16.7 Å². The van der Waals surface area contributed by atoms with Gasteiger partial charge >= 0.3 is 0 Å². The highest BCUT2D eigenvalue weighted by Crippen LogP contribution is 2.38. The van der Waals surface area contributed by atoms with Gasteiger partial charge in [-0.3, -0.25) is 4.79 Å². The molecular weight excluding hydrogens is 628 g/mol. The summed E-state index contributed by atoms with van der Waals surface area (Å²) in [5, 5.41) is 10.6. The Morgan fingerprint density at radius 2 is 1.87 bits per heavy atom. The molecule has 9 nitrogen and oxygen atoms in total. The van der Waals surface area contributed by atoms with E-state index in [0.29, 0.717) is 25.3 Å². The van der Waals surface area contributed by atoms with Gasteiger partial charge in [0, 0.05) is 37.3 Å². The van der Waals surface area contributed by atoms with Crippen molar-refractivity contribution in [1.29, 1.82) is 0 Å². The molecule has 0 spiro atoms. The van der Waals surface area contributed by atoms with Gasteiger partial charge in [-0.05, 0) is 78.8 Å². The van der Waals surface area contributed by atoms with Crippen LogP contribution in [0.25, 0.3) is 17.0 Å². The lowest BCUT2D eigenvalue weighted by molar-refractivity contribution is -0.128. The summed E-state index contributed by atoms with van der Waals surface area (Å²) in [5.41, 5.74) is 4.63. The predicted molar refractivity (Wildman–Crippen MR) is 172 cm³/mol. The Kier molecular flexibility index (Phi) is 8.69. The van der Waals surface area contributed by atoms with E-state index in [1.54, 1.807) is 7.11 Å². The van der Waals surface area contributed by atoms with E-state index in [9.17, 15) is 13.6 Å². The van der Waals surface area contributed by atoms with Crippen LogP contribution < -0.4 is 20.1 Å². The third-order valence-corrected chi connectivity index (χ3v) is 9.40. The molecule has 1 saturated heterocycles. The van der Waals surface area contributed by atoms with Crippen LogP contribution >= 0.6 is 11.6 Å². The maximum Gasteiger partial charge on any atom is 0.262 e. The fourth-order valence-corrected chi connectivity index (χ4v) is 6.65. The lowest BCUT2D eigenvalue weighted by atomic mass is 9.83. The minimum Gasteiger partial charge on any atom is -0.496 e. The summed E-state index contributed by atoms with van der Waals surface area (Å²) in [6.45, 7) is 4.00. The molecule has 1 aromatic heterocycles. The van der Waals surface area contributed by atoms with Gasteiger partial charge in [0.2, 0.25) is 5.82 Å². The number of fused-ring (bicyclic) bond motifs is 2. The number of amides is 1. The number of hydrogen-bond acceptors (Lipinski definition) is 8. The summed E-state index contributed by atoms with van der Waals surface area (Å²) < 4.78 is 44.7.